The van der Waals surface area contributed by atoms with E-state index in [1.54, 1.807) is 0 Å². The molecule has 0 unspecified atom stereocenters. The Labute approximate surface area is 322 Å². The SMILES string of the molecule is CCCCC/C=C\C/C=C\C/C=C\C/C=C\CCCCCC(=O)OC[C@H](CO)OC(=O)CCCCCCCCCCCCCCCCCCCCC. The van der Waals surface area contributed by atoms with Crippen molar-refractivity contribution in [3.05, 3.63) is 48.6 Å². The molecule has 0 aromatic rings. The Balaban J connectivity index is 3.58. The van der Waals surface area contributed by atoms with E-state index in [4.69, 9.17) is 9.47 Å². The van der Waals surface area contributed by atoms with E-state index >= 15 is 0 Å². The second kappa shape index (κ2) is 43.3. The van der Waals surface area contributed by atoms with Gasteiger partial charge in [-0.15, -0.1) is 0 Å². The fourth-order valence-corrected chi connectivity index (χ4v) is 6.24. The molecule has 0 aliphatic heterocycles. The molecule has 5 nitrogen and oxygen atoms in total. The number of aliphatic hydroxyl groups is 1. The summed E-state index contributed by atoms with van der Waals surface area (Å²) in [6.07, 6.45) is 54.7. The predicted octanol–water partition coefficient (Wildman–Crippen LogP) is 14.2. The summed E-state index contributed by atoms with van der Waals surface area (Å²) in [6.45, 7) is 4.10. The third kappa shape index (κ3) is 40.6. The van der Waals surface area contributed by atoms with Gasteiger partial charge in [-0.05, 0) is 57.8 Å². The van der Waals surface area contributed by atoms with Crippen molar-refractivity contribution in [2.24, 2.45) is 0 Å². The van der Waals surface area contributed by atoms with Crippen LogP contribution < -0.4 is 0 Å². The molecular formula is C47H84O5. The van der Waals surface area contributed by atoms with E-state index < -0.39 is 6.10 Å². The first-order valence-electron chi connectivity index (χ1n) is 22.2. The summed E-state index contributed by atoms with van der Waals surface area (Å²) >= 11 is 0. The second-order valence-corrected chi connectivity index (χ2v) is 14.8. The number of ether oxygens (including phenoxy) is 2. The molecule has 0 rings (SSSR count). The topological polar surface area (TPSA) is 72.8 Å². The van der Waals surface area contributed by atoms with Crippen LogP contribution in [0.15, 0.2) is 48.6 Å². The molecule has 0 saturated heterocycles. The maximum atomic E-state index is 12.2. The van der Waals surface area contributed by atoms with Crippen LogP contribution in [0.4, 0.5) is 0 Å². The van der Waals surface area contributed by atoms with Gasteiger partial charge < -0.3 is 14.6 Å². The second-order valence-electron chi connectivity index (χ2n) is 14.8. The summed E-state index contributed by atoms with van der Waals surface area (Å²) in [5.74, 6) is -0.620. The highest BCUT2D eigenvalue weighted by Crippen LogP contribution is 2.15. The first-order valence-corrected chi connectivity index (χ1v) is 22.2. The summed E-state index contributed by atoms with van der Waals surface area (Å²) in [4.78, 5) is 24.3. The largest absolute Gasteiger partial charge is 0.462 e. The number of esters is 2. The number of carbonyl (C=O) groups excluding carboxylic acids is 2. The van der Waals surface area contributed by atoms with Crippen LogP contribution in [0, 0.1) is 0 Å². The Kier molecular flexibility index (Phi) is 41.5. The Morgan fingerprint density at radius 3 is 1.19 bits per heavy atom. The molecule has 0 radical (unpaired) electrons. The van der Waals surface area contributed by atoms with E-state index in [1.165, 1.54) is 128 Å². The van der Waals surface area contributed by atoms with E-state index in [0.29, 0.717) is 12.8 Å². The summed E-state index contributed by atoms with van der Waals surface area (Å²) in [5, 5.41) is 9.58. The van der Waals surface area contributed by atoms with Gasteiger partial charge in [0.1, 0.15) is 6.61 Å². The number of carbonyl (C=O) groups is 2. The lowest BCUT2D eigenvalue weighted by Gasteiger charge is -2.15. The quantitative estimate of drug-likeness (QED) is 0.0386. The molecule has 0 aromatic heterocycles. The average Bonchev–Trinajstić information content (AvgIpc) is 3.15. The first kappa shape index (κ1) is 49.9. The van der Waals surface area contributed by atoms with Crippen LogP contribution in [-0.2, 0) is 19.1 Å². The Bertz CT molecular complexity index is 873. The number of aliphatic hydroxyl groups excluding tert-OH is 1. The van der Waals surface area contributed by atoms with Crippen LogP contribution in [0.2, 0.25) is 0 Å². The normalized spacial score (nSPS) is 12.6. The van der Waals surface area contributed by atoms with Crippen LogP contribution in [0.5, 0.6) is 0 Å². The van der Waals surface area contributed by atoms with Crippen molar-refractivity contribution >= 4 is 11.9 Å². The van der Waals surface area contributed by atoms with Crippen molar-refractivity contribution in [3.8, 4) is 0 Å². The highest BCUT2D eigenvalue weighted by atomic mass is 16.6. The number of unbranched alkanes of at least 4 members (excludes halogenated alkanes) is 24. The van der Waals surface area contributed by atoms with Gasteiger partial charge in [0.25, 0.3) is 0 Å². The summed E-state index contributed by atoms with van der Waals surface area (Å²) < 4.78 is 10.6. The van der Waals surface area contributed by atoms with Crippen LogP contribution in [0.3, 0.4) is 0 Å². The van der Waals surface area contributed by atoms with Gasteiger partial charge >= 0.3 is 11.9 Å². The Morgan fingerprint density at radius 1 is 0.442 bits per heavy atom. The molecule has 1 atom stereocenters. The molecule has 0 bridgehead atoms. The molecule has 1 N–H and O–H groups in total. The maximum absolute atomic E-state index is 12.2. The van der Waals surface area contributed by atoms with Crippen LogP contribution in [0.1, 0.15) is 219 Å². The van der Waals surface area contributed by atoms with E-state index in [1.807, 2.05) is 0 Å². The number of rotatable bonds is 40. The molecule has 0 aliphatic carbocycles. The summed E-state index contributed by atoms with van der Waals surface area (Å²) in [5.41, 5.74) is 0. The molecule has 0 amide bonds. The first-order chi connectivity index (χ1) is 25.6. The molecule has 0 aliphatic rings. The van der Waals surface area contributed by atoms with Crippen LogP contribution in [0.25, 0.3) is 0 Å². The summed E-state index contributed by atoms with van der Waals surface area (Å²) in [7, 11) is 0. The third-order valence-corrected chi connectivity index (χ3v) is 9.63. The monoisotopic (exact) mass is 729 g/mol. The molecule has 5 heteroatoms. The lowest BCUT2D eigenvalue weighted by molar-refractivity contribution is -0.161. The van der Waals surface area contributed by atoms with Gasteiger partial charge in [0.05, 0.1) is 6.61 Å². The Morgan fingerprint density at radius 2 is 0.769 bits per heavy atom. The third-order valence-electron chi connectivity index (χ3n) is 9.63. The highest BCUT2D eigenvalue weighted by molar-refractivity contribution is 5.70. The Hall–Kier alpha value is -2.14. The van der Waals surface area contributed by atoms with E-state index in [-0.39, 0.29) is 25.2 Å². The molecular weight excluding hydrogens is 645 g/mol. The van der Waals surface area contributed by atoms with Gasteiger partial charge in [-0.25, -0.2) is 0 Å². The fourth-order valence-electron chi connectivity index (χ4n) is 6.24. The van der Waals surface area contributed by atoms with E-state index in [0.717, 1.165) is 64.2 Å². The van der Waals surface area contributed by atoms with Gasteiger partial charge in [0.2, 0.25) is 0 Å². The standard InChI is InChI=1S/C47H84O5/c1-3-5-7-9-11-13-15-17-19-21-23-25-27-29-31-33-35-37-39-41-46(49)51-44-45(43-48)52-47(50)42-40-38-36-34-32-30-28-26-24-22-20-18-16-14-12-10-8-6-4-2/h11,13,17,19,23,25,29,31,45,48H,3-10,12,14-16,18,20-22,24,26-28,30,32-44H2,1-2H3/b13-11-,19-17-,25-23-,31-29-/t45-/m0/s1. The molecule has 0 fully saturated rings. The van der Waals surface area contributed by atoms with E-state index in [2.05, 4.69) is 62.5 Å². The van der Waals surface area contributed by atoms with E-state index in [9.17, 15) is 14.7 Å². The number of hydrogen-bond donors (Lipinski definition) is 1. The van der Waals surface area contributed by atoms with Crippen molar-refractivity contribution in [2.45, 2.75) is 225 Å². The lowest BCUT2D eigenvalue weighted by atomic mass is 10.0. The fraction of sp³-hybridized carbons (Fsp3) is 0.787. The van der Waals surface area contributed by atoms with Crippen molar-refractivity contribution in [2.75, 3.05) is 13.2 Å². The molecule has 0 heterocycles. The predicted molar refractivity (Wildman–Crippen MR) is 224 cm³/mol. The molecule has 0 saturated carbocycles. The zero-order chi connectivity index (χ0) is 37.8. The lowest BCUT2D eigenvalue weighted by Crippen LogP contribution is -2.28. The zero-order valence-corrected chi connectivity index (χ0v) is 34.3. The smallest absolute Gasteiger partial charge is 0.306 e. The molecule has 302 valence electrons. The highest BCUT2D eigenvalue weighted by Gasteiger charge is 2.16. The van der Waals surface area contributed by atoms with Gasteiger partial charge in [-0.1, -0.05) is 197 Å². The molecule has 0 aromatic carbocycles. The van der Waals surface area contributed by atoms with Crippen LogP contribution >= 0.6 is 0 Å². The minimum absolute atomic E-state index is 0.0809. The van der Waals surface area contributed by atoms with Gasteiger partial charge in [0, 0.05) is 12.8 Å². The number of hydrogen-bond acceptors (Lipinski definition) is 5. The van der Waals surface area contributed by atoms with Crippen molar-refractivity contribution in [1.82, 2.24) is 0 Å². The average molecular weight is 729 g/mol. The number of allylic oxidation sites excluding steroid dienone is 8. The van der Waals surface area contributed by atoms with Gasteiger partial charge in [-0.3, -0.25) is 9.59 Å². The molecule has 0 spiro atoms. The minimum atomic E-state index is -0.783. The van der Waals surface area contributed by atoms with Crippen molar-refractivity contribution in [1.29, 1.82) is 0 Å². The van der Waals surface area contributed by atoms with Crippen molar-refractivity contribution < 1.29 is 24.2 Å². The summed E-state index contributed by atoms with van der Waals surface area (Å²) in [6, 6.07) is 0. The molecule has 52 heavy (non-hydrogen) atoms. The van der Waals surface area contributed by atoms with Gasteiger partial charge in [-0.2, -0.15) is 0 Å². The van der Waals surface area contributed by atoms with Crippen LogP contribution in [-0.4, -0.2) is 36.4 Å². The maximum Gasteiger partial charge on any atom is 0.306 e. The minimum Gasteiger partial charge on any atom is -0.462 e. The zero-order valence-electron chi connectivity index (χ0n) is 34.3. The van der Waals surface area contributed by atoms with Crippen molar-refractivity contribution in [3.63, 3.8) is 0 Å². The van der Waals surface area contributed by atoms with Gasteiger partial charge in [0.15, 0.2) is 6.10 Å².